The highest BCUT2D eigenvalue weighted by Crippen LogP contribution is 2.15. The van der Waals surface area contributed by atoms with Gasteiger partial charge in [-0.1, -0.05) is 6.08 Å². The molecule has 2 rings (SSSR count). The quantitative estimate of drug-likeness (QED) is 0.440. The SMILES string of the molecule is CC1C=C2CNCC2N1. The van der Waals surface area contributed by atoms with Crippen molar-refractivity contribution in [2.75, 3.05) is 13.1 Å². The van der Waals surface area contributed by atoms with Crippen molar-refractivity contribution in [1.82, 2.24) is 10.6 Å². The molecule has 0 saturated carbocycles. The Labute approximate surface area is 55.3 Å². The minimum absolute atomic E-state index is 0.604. The highest BCUT2D eigenvalue weighted by Gasteiger charge is 2.26. The molecule has 2 aliphatic rings. The van der Waals surface area contributed by atoms with E-state index in [1.165, 1.54) is 0 Å². The molecule has 0 spiro atoms. The van der Waals surface area contributed by atoms with Gasteiger partial charge in [0.1, 0.15) is 0 Å². The monoisotopic (exact) mass is 124 g/mol. The zero-order chi connectivity index (χ0) is 6.27. The molecule has 0 amide bonds. The van der Waals surface area contributed by atoms with Gasteiger partial charge in [0.05, 0.1) is 0 Å². The van der Waals surface area contributed by atoms with E-state index in [-0.39, 0.29) is 0 Å². The Balaban J connectivity index is 2.18. The smallest absolute Gasteiger partial charge is 0.0423 e. The maximum absolute atomic E-state index is 3.46. The van der Waals surface area contributed by atoms with E-state index < -0.39 is 0 Å². The predicted octanol–water partition coefficient (Wildman–Crippen LogP) is -0.124. The maximum atomic E-state index is 3.46. The van der Waals surface area contributed by atoms with Crippen LogP contribution >= 0.6 is 0 Å². The van der Waals surface area contributed by atoms with E-state index in [0.29, 0.717) is 12.1 Å². The number of hydrogen-bond acceptors (Lipinski definition) is 2. The van der Waals surface area contributed by atoms with Crippen molar-refractivity contribution >= 4 is 0 Å². The van der Waals surface area contributed by atoms with Gasteiger partial charge < -0.3 is 10.6 Å². The van der Waals surface area contributed by atoms with Crippen molar-refractivity contribution in [3.63, 3.8) is 0 Å². The van der Waals surface area contributed by atoms with Crippen LogP contribution in [0.2, 0.25) is 0 Å². The lowest BCUT2D eigenvalue weighted by atomic mass is 10.2. The van der Waals surface area contributed by atoms with Crippen LogP contribution in [0.5, 0.6) is 0 Å². The van der Waals surface area contributed by atoms with E-state index in [4.69, 9.17) is 0 Å². The van der Waals surface area contributed by atoms with Crippen LogP contribution in [-0.4, -0.2) is 25.2 Å². The Morgan fingerprint density at radius 3 is 3.33 bits per heavy atom. The van der Waals surface area contributed by atoms with E-state index in [0.717, 1.165) is 13.1 Å². The summed E-state index contributed by atoms with van der Waals surface area (Å²) in [7, 11) is 0. The maximum Gasteiger partial charge on any atom is 0.0423 e. The van der Waals surface area contributed by atoms with Crippen LogP contribution in [0.15, 0.2) is 11.6 Å². The largest absolute Gasteiger partial charge is 0.311 e. The Bertz CT molecular complexity index is 151. The van der Waals surface area contributed by atoms with E-state index in [1.807, 2.05) is 0 Å². The van der Waals surface area contributed by atoms with Gasteiger partial charge in [-0.25, -0.2) is 0 Å². The van der Waals surface area contributed by atoms with Gasteiger partial charge in [-0.2, -0.15) is 0 Å². The fourth-order valence-electron chi connectivity index (χ4n) is 1.64. The first-order valence-electron chi connectivity index (χ1n) is 3.53. The van der Waals surface area contributed by atoms with Gasteiger partial charge in [-0.05, 0) is 12.5 Å². The average Bonchev–Trinajstić information content (AvgIpc) is 2.22. The lowest BCUT2D eigenvalue weighted by Crippen LogP contribution is -2.32. The Kier molecular flexibility index (Phi) is 1.10. The summed E-state index contributed by atoms with van der Waals surface area (Å²) in [5.74, 6) is 0. The van der Waals surface area contributed by atoms with Crippen molar-refractivity contribution in [3.8, 4) is 0 Å². The third kappa shape index (κ3) is 0.787. The topological polar surface area (TPSA) is 24.1 Å². The van der Waals surface area contributed by atoms with Crippen molar-refractivity contribution in [2.24, 2.45) is 0 Å². The van der Waals surface area contributed by atoms with Crippen LogP contribution in [0.4, 0.5) is 0 Å². The Morgan fingerprint density at radius 1 is 1.67 bits per heavy atom. The molecule has 2 heteroatoms. The lowest BCUT2D eigenvalue weighted by Gasteiger charge is -2.06. The van der Waals surface area contributed by atoms with Crippen LogP contribution in [0.25, 0.3) is 0 Å². The number of fused-ring (bicyclic) bond motifs is 1. The zero-order valence-electron chi connectivity index (χ0n) is 5.65. The molecule has 50 valence electrons. The molecule has 2 unspecified atom stereocenters. The molecule has 1 saturated heterocycles. The molecule has 0 aromatic rings. The fraction of sp³-hybridized carbons (Fsp3) is 0.714. The van der Waals surface area contributed by atoms with Gasteiger partial charge in [-0.3, -0.25) is 0 Å². The summed E-state index contributed by atoms with van der Waals surface area (Å²) < 4.78 is 0. The van der Waals surface area contributed by atoms with Crippen LogP contribution in [0, 0.1) is 0 Å². The second kappa shape index (κ2) is 1.82. The third-order valence-corrected chi connectivity index (χ3v) is 2.05. The molecule has 2 aliphatic heterocycles. The van der Waals surface area contributed by atoms with Gasteiger partial charge in [0.2, 0.25) is 0 Å². The first-order chi connectivity index (χ1) is 4.36. The van der Waals surface area contributed by atoms with Gasteiger partial charge in [0.25, 0.3) is 0 Å². The van der Waals surface area contributed by atoms with Crippen molar-refractivity contribution < 1.29 is 0 Å². The van der Waals surface area contributed by atoms with Crippen LogP contribution in [0.3, 0.4) is 0 Å². The minimum Gasteiger partial charge on any atom is -0.311 e. The van der Waals surface area contributed by atoms with Crippen LogP contribution < -0.4 is 10.6 Å². The van der Waals surface area contributed by atoms with Gasteiger partial charge in [-0.15, -0.1) is 0 Å². The van der Waals surface area contributed by atoms with E-state index in [1.54, 1.807) is 5.57 Å². The van der Waals surface area contributed by atoms with Gasteiger partial charge >= 0.3 is 0 Å². The van der Waals surface area contributed by atoms with E-state index >= 15 is 0 Å². The van der Waals surface area contributed by atoms with Crippen molar-refractivity contribution in [3.05, 3.63) is 11.6 Å². The molecule has 1 fully saturated rings. The number of hydrogen-bond donors (Lipinski definition) is 2. The van der Waals surface area contributed by atoms with E-state index in [9.17, 15) is 0 Å². The zero-order valence-corrected chi connectivity index (χ0v) is 5.65. The molecule has 2 atom stereocenters. The summed E-state index contributed by atoms with van der Waals surface area (Å²) in [6.07, 6.45) is 2.32. The van der Waals surface area contributed by atoms with Gasteiger partial charge in [0.15, 0.2) is 0 Å². The summed E-state index contributed by atoms with van der Waals surface area (Å²) in [5.41, 5.74) is 1.56. The molecule has 0 aromatic carbocycles. The predicted molar refractivity (Wildman–Crippen MR) is 37.3 cm³/mol. The minimum atomic E-state index is 0.604. The fourth-order valence-corrected chi connectivity index (χ4v) is 1.64. The molecule has 0 radical (unpaired) electrons. The summed E-state index contributed by atoms with van der Waals surface area (Å²) in [6, 6.07) is 1.26. The molecule has 2 heterocycles. The van der Waals surface area contributed by atoms with Crippen molar-refractivity contribution in [1.29, 1.82) is 0 Å². The Hall–Kier alpha value is -0.340. The molecule has 0 aliphatic carbocycles. The normalized spacial score (nSPS) is 40.8. The third-order valence-electron chi connectivity index (χ3n) is 2.05. The summed E-state index contributed by atoms with van der Waals surface area (Å²) in [5, 5.41) is 6.77. The van der Waals surface area contributed by atoms with Crippen molar-refractivity contribution in [2.45, 2.75) is 19.0 Å². The second-order valence-corrected chi connectivity index (χ2v) is 2.88. The summed E-state index contributed by atoms with van der Waals surface area (Å²) in [6.45, 7) is 4.42. The van der Waals surface area contributed by atoms with Crippen LogP contribution in [0.1, 0.15) is 6.92 Å². The lowest BCUT2D eigenvalue weighted by molar-refractivity contribution is 0.591. The summed E-state index contributed by atoms with van der Waals surface area (Å²) in [4.78, 5) is 0. The molecule has 2 nitrogen and oxygen atoms in total. The number of nitrogens with one attached hydrogen (secondary N) is 2. The summed E-state index contributed by atoms with van der Waals surface area (Å²) >= 11 is 0. The highest BCUT2D eigenvalue weighted by atomic mass is 15.1. The van der Waals surface area contributed by atoms with Crippen LogP contribution in [-0.2, 0) is 0 Å². The van der Waals surface area contributed by atoms with Gasteiger partial charge in [0, 0.05) is 25.2 Å². The molecular formula is C7H12N2. The first-order valence-corrected chi connectivity index (χ1v) is 3.53. The highest BCUT2D eigenvalue weighted by molar-refractivity contribution is 5.25. The number of rotatable bonds is 0. The second-order valence-electron chi connectivity index (χ2n) is 2.88. The molecule has 9 heavy (non-hydrogen) atoms. The molecule has 0 aromatic heterocycles. The standard InChI is InChI=1S/C7H12N2/c1-5-2-6-3-8-4-7(6)9-5/h2,5,7-9H,3-4H2,1H3. The average molecular weight is 124 g/mol. The Morgan fingerprint density at radius 2 is 2.56 bits per heavy atom. The van der Waals surface area contributed by atoms with E-state index in [2.05, 4.69) is 23.6 Å². The first kappa shape index (κ1) is 5.45. The molecule has 0 bridgehead atoms. The molecule has 2 N–H and O–H groups in total. The molecular weight excluding hydrogens is 112 g/mol.